The van der Waals surface area contributed by atoms with E-state index in [1.807, 2.05) is 0 Å². The van der Waals surface area contributed by atoms with Crippen molar-refractivity contribution in [3.05, 3.63) is 55.6 Å². The number of benzene rings is 1. The maximum atomic E-state index is 10.3. The molecule has 0 aliphatic carbocycles. The summed E-state index contributed by atoms with van der Waals surface area (Å²) >= 11 is 0. The van der Waals surface area contributed by atoms with Crippen LogP contribution in [0.2, 0.25) is 0 Å². The summed E-state index contributed by atoms with van der Waals surface area (Å²) in [5.74, 6) is 0. The van der Waals surface area contributed by atoms with Crippen molar-refractivity contribution in [2.45, 2.75) is 25.3 Å². The van der Waals surface area contributed by atoms with Crippen LogP contribution in [0.15, 0.2) is 18.2 Å². The summed E-state index contributed by atoms with van der Waals surface area (Å²) in [6.07, 6.45) is -3.91. The SMILES string of the molecule is O=[N+]([O-])C(O)Cc1[c]ccc(CC(O)[N+](=O)[O-])c1. The van der Waals surface area contributed by atoms with Crippen LogP contribution in [-0.4, -0.2) is 32.5 Å². The number of aliphatic hydroxyl groups excluding tert-OH is 2. The Labute approximate surface area is 102 Å². The predicted molar refractivity (Wildman–Crippen MR) is 58.7 cm³/mol. The summed E-state index contributed by atoms with van der Waals surface area (Å²) in [5.41, 5.74) is 0.802. The summed E-state index contributed by atoms with van der Waals surface area (Å²) in [4.78, 5) is 18.9. The van der Waals surface area contributed by atoms with Gasteiger partial charge in [0.1, 0.15) is 0 Å². The molecule has 0 aliphatic heterocycles. The van der Waals surface area contributed by atoms with Crippen molar-refractivity contribution in [3.8, 4) is 0 Å². The molecule has 8 nitrogen and oxygen atoms in total. The number of nitro groups is 2. The molecule has 0 amide bonds. The first-order valence-electron chi connectivity index (χ1n) is 5.02. The van der Waals surface area contributed by atoms with Crippen molar-refractivity contribution in [1.82, 2.24) is 0 Å². The maximum absolute atomic E-state index is 10.3. The molecule has 0 aliphatic rings. The van der Waals surface area contributed by atoms with Crippen LogP contribution in [0.1, 0.15) is 11.1 Å². The van der Waals surface area contributed by atoms with Gasteiger partial charge in [0.25, 0.3) is 0 Å². The largest absolute Gasteiger partial charge is 0.333 e. The van der Waals surface area contributed by atoms with Crippen LogP contribution in [0.4, 0.5) is 0 Å². The van der Waals surface area contributed by atoms with Gasteiger partial charge >= 0.3 is 12.5 Å². The van der Waals surface area contributed by atoms with E-state index in [0.29, 0.717) is 11.1 Å². The van der Waals surface area contributed by atoms with E-state index in [1.54, 1.807) is 0 Å². The summed E-state index contributed by atoms with van der Waals surface area (Å²) < 4.78 is 0. The van der Waals surface area contributed by atoms with Gasteiger partial charge in [0.05, 0.1) is 22.7 Å². The Morgan fingerprint density at radius 3 is 2.28 bits per heavy atom. The third-order valence-electron chi connectivity index (χ3n) is 2.23. The predicted octanol–water partition coefficient (Wildman–Crippen LogP) is -0.238. The lowest BCUT2D eigenvalue weighted by molar-refractivity contribution is -0.569. The topological polar surface area (TPSA) is 127 Å². The highest BCUT2D eigenvalue weighted by Crippen LogP contribution is 2.10. The molecule has 1 rings (SSSR count). The van der Waals surface area contributed by atoms with Crippen molar-refractivity contribution in [1.29, 1.82) is 0 Å². The fourth-order valence-corrected chi connectivity index (χ4v) is 1.37. The van der Waals surface area contributed by atoms with E-state index in [4.69, 9.17) is 10.2 Å². The number of rotatable bonds is 6. The molecule has 97 valence electrons. The molecule has 2 unspecified atom stereocenters. The molecule has 18 heavy (non-hydrogen) atoms. The normalized spacial score (nSPS) is 13.9. The monoisotopic (exact) mass is 255 g/mol. The Morgan fingerprint density at radius 2 is 1.72 bits per heavy atom. The van der Waals surface area contributed by atoms with Gasteiger partial charge in [0, 0.05) is 0 Å². The minimum atomic E-state index is -1.74. The van der Waals surface area contributed by atoms with Crippen LogP contribution in [0.5, 0.6) is 0 Å². The molecular formula is C10H11N2O6. The summed E-state index contributed by atoms with van der Waals surface area (Å²) in [6.45, 7) is 0. The molecule has 2 N–H and O–H groups in total. The van der Waals surface area contributed by atoms with Gasteiger partial charge < -0.3 is 10.2 Å². The summed E-state index contributed by atoms with van der Waals surface area (Å²) in [5, 5.41) is 38.7. The Hall–Kier alpha value is -2.06. The van der Waals surface area contributed by atoms with Gasteiger partial charge in [-0.1, -0.05) is 18.2 Å². The summed E-state index contributed by atoms with van der Waals surface area (Å²) in [7, 11) is 0. The number of hydrogen-bond acceptors (Lipinski definition) is 6. The molecule has 0 bridgehead atoms. The van der Waals surface area contributed by atoms with Gasteiger partial charge in [-0.15, -0.1) is 0 Å². The smallest absolute Gasteiger partial charge is 0.317 e. The van der Waals surface area contributed by atoms with E-state index in [0.717, 1.165) is 0 Å². The third kappa shape index (κ3) is 4.07. The molecule has 0 aromatic heterocycles. The lowest BCUT2D eigenvalue weighted by atomic mass is 10.0. The quantitative estimate of drug-likeness (QED) is 0.410. The zero-order chi connectivity index (χ0) is 13.7. The van der Waals surface area contributed by atoms with E-state index in [9.17, 15) is 20.2 Å². The highest BCUT2D eigenvalue weighted by Gasteiger charge is 2.18. The van der Waals surface area contributed by atoms with Gasteiger partial charge in [-0.25, -0.2) is 0 Å². The fraction of sp³-hybridized carbons (Fsp3) is 0.400. The molecule has 2 atom stereocenters. The molecule has 0 spiro atoms. The van der Waals surface area contributed by atoms with Crippen molar-refractivity contribution in [3.63, 3.8) is 0 Å². The molecule has 1 radical (unpaired) electrons. The molecule has 1 aromatic rings. The van der Waals surface area contributed by atoms with E-state index < -0.39 is 22.3 Å². The van der Waals surface area contributed by atoms with Gasteiger partial charge in [0.2, 0.25) is 0 Å². The van der Waals surface area contributed by atoms with Gasteiger partial charge in [-0.2, -0.15) is 0 Å². The second kappa shape index (κ2) is 6.03. The lowest BCUT2D eigenvalue weighted by Crippen LogP contribution is -2.22. The standard InChI is InChI=1S/C10H11N2O6/c13-9(11(15)16)5-7-2-1-3-8(4-7)6-10(14)12(17)18/h1-2,4,9-10,13-14H,5-6H2. The second-order valence-electron chi connectivity index (χ2n) is 3.66. The first-order valence-corrected chi connectivity index (χ1v) is 5.02. The Bertz CT molecular complexity index is 412. The maximum Gasteiger partial charge on any atom is 0.317 e. The zero-order valence-corrected chi connectivity index (χ0v) is 9.22. The van der Waals surface area contributed by atoms with Crippen molar-refractivity contribution >= 4 is 0 Å². The molecule has 0 saturated carbocycles. The Morgan fingerprint density at radius 1 is 1.17 bits per heavy atom. The van der Waals surface area contributed by atoms with Crippen LogP contribution in [-0.2, 0) is 12.8 Å². The first kappa shape index (κ1) is 14.0. The average Bonchev–Trinajstić information content (AvgIpc) is 2.29. The minimum Gasteiger partial charge on any atom is -0.333 e. The Balaban J connectivity index is 2.73. The third-order valence-corrected chi connectivity index (χ3v) is 2.23. The second-order valence-corrected chi connectivity index (χ2v) is 3.66. The number of nitrogens with zero attached hydrogens (tertiary/aromatic N) is 2. The highest BCUT2D eigenvalue weighted by atomic mass is 16.7. The van der Waals surface area contributed by atoms with E-state index in [2.05, 4.69) is 6.07 Å². The van der Waals surface area contributed by atoms with E-state index in [1.165, 1.54) is 18.2 Å². The van der Waals surface area contributed by atoms with Crippen molar-refractivity contribution in [2.75, 3.05) is 0 Å². The highest BCUT2D eigenvalue weighted by molar-refractivity contribution is 5.23. The van der Waals surface area contributed by atoms with Gasteiger partial charge in [-0.3, -0.25) is 20.2 Å². The number of hydrogen-bond donors (Lipinski definition) is 2. The lowest BCUT2D eigenvalue weighted by Gasteiger charge is -2.06. The first-order chi connectivity index (χ1) is 8.40. The molecule has 0 heterocycles. The van der Waals surface area contributed by atoms with Crippen LogP contribution in [0, 0.1) is 26.3 Å². The van der Waals surface area contributed by atoms with Crippen LogP contribution >= 0.6 is 0 Å². The van der Waals surface area contributed by atoms with Gasteiger partial charge in [-0.05, 0) is 17.2 Å². The van der Waals surface area contributed by atoms with Crippen molar-refractivity contribution < 1.29 is 20.1 Å². The van der Waals surface area contributed by atoms with Crippen LogP contribution < -0.4 is 0 Å². The van der Waals surface area contributed by atoms with E-state index >= 15 is 0 Å². The molecule has 8 heteroatoms. The molecule has 0 saturated heterocycles. The zero-order valence-electron chi connectivity index (χ0n) is 9.22. The van der Waals surface area contributed by atoms with Crippen LogP contribution in [0.25, 0.3) is 0 Å². The van der Waals surface area contributed by atoms with Crippen molar-refractivity contribution in [2.24, 2.45) is 0 Å². The molecule has 0 fully saturated rings. The van der Waals surface area contributed by atoms with Crippen LogP contribution in [0.3, 0.4) is 0 Å². The minimum absolute atomic E-state index is 0.205. The van der Waals surface area contributed by atoms with E-state index in [-0.39, 0.29) is 12.8 Å². The summed E-state index contributed by atoms with van der Waals surface area (Å²) in [6, 6.07) is 7.05. The average molecular weight is 255 g/mol. The number of aliphatic hydroxyl groups is 2. The fourth-order valence-electron chi connectivity index (χ4n) is 1.37. The Kier molecular flexibility index (Phi) is 4.69. The molecule has 1 aromatic carbocycles. The molecular weight excluding hydrogens is 244 g/mol. The van der Waals surface area contributed by atoms with Gasteiger partial charge in [0.15, 0.2) is 0 Å².